The number of rotatable bonds is 3. The summed E-state index contributed by atoms with van der Waals surface area (Å²) in [6.07, 6.45) is 2.19. The van der Waals surface area contributed by atoms with Gasteiger partial charge in [0.25, 0.3) is 0 Å². The summed E-state index contributed by atoms with van der Waals surface area (Å²) in [6.45, 7) is 2.30. The number of benzene rings is 1. The highest BCUT2D eigenvalue weighted by atomic mass is 32.1. The maximum atomic E-state index is 5.69. The van der Waals surface area contributed by atoms with Crippen LogP contribution < -0.4 is 5.73 Å². The van der Waals surface area contributed by atoms with Gasteiger partial charge in [-0.3, -0.25) is 0 Å². The summed E-state index contributed by atoms with van der Waals surface area (Å²) in [7, 11) is 0. The first-order valence-corrected chi connectivity index (χ1v) is 7.57. The number of hydrogen-bond acceptors (Lipinski definition) is 4. The van der Waals surface area contributed by atoms with Gasteiger partial charge in [0.2, 0.25) is 0 Å². The fourth-order valence-corrected chi connectivity index (χ4v) is 3.41. The van der Waals surface area contributed by atoms with Crippen molar-refractivity contribution in [3.05, 3.63) is 40.2 Å². The van der Waals surface area contributed by atoms with Crippen LogP contribution in [0.1, 0.15) is 29.3 Å². The molecule has 0 saturated carbocycles. The average Bonchev–Trinajstić information content (AvgIpc) is 2.98. The zero-order chi connectivity index (χ0) is 13.1. The number of nitrogens with zero attached hydrogens (tertiary/aromatic N) is 1. The molecule has 0 spiro atoms. The monoisotopic (exact) mass is 274 g/mol. The normalized spacial score (nSPS) is 16.7. The van der Waals surface area contributed by atoms with Crippen LogP contribution in [0.3, 0.4) is 0 Å². The van der Waals surface area contributed by atoms with Crippen molar-refractivity contribution in [2.45, 2.75) is 25.3 Å². The maximum absolute atomic E-state index is 5.69. The lowest BCUT2D eigenvalue weighted by Gasteiger charge is -2.19. The van der Waals surface area contributed by atoms with Gasteiger partial charge in [-0.1, -0.05) is 18.2 Å². The maximum Gasteiger partial charge on any atom is 0.0965 e. The molecule has 2 aromatic rings. The highest BCUT2D eigenvalue weighted by molar-refractivity contribution is 7.10. The van der Waals surface area contributed by atoms with Gasteiger partial charge in [-0.25, -0.2) is 4.98 Å². The van der Waals surface area contributed by atoms with E-state index in [0.29, 0.717) is 12.5 Å². The lowest BCUT2D eigenvalue weighted by molar-refractivity contribution is 0.0853. The van der Waals surface area contributed by atoms with Crippen LogP contribution in [-0.2, 0) is 11.3 Å². The zero-order valence-electron chi connectivity index (χ0n) is 10.8. The standard InChI is InChI=1S/C15H18N2OS/c16-9-11-2-1-3-13(8-11)14-10-19-15(17-14)12-4-6-18-7-5-12/h1-3,8,10,12H,4-7,9,16H2. The molecule has 2 heterocycles. The van der Waals surface area contributed by atoms with Gasteiger partial charge in [0, 0.05) is 36.6 Å². The van der Waals surface area contributed by atoms with Gasteiger partial charge in [0.1, 0.15) is 0 Å². The Morgan fingerprint density at radius 1 is 1.32 bits per heavy atom. The summed E-state index contributed by atoms with van der Waals surface area (Å²) >= 11 is 1.77. The molecule has 1 aromatic heterocycles. The van der Waals surface area contributed by atoms with Crippen molar-refractivity contribution in [3.8, 4) is 11.3 Å². The summed E-state index contributed by atoms with van der Waals surface area (Å²) in [5.41, 5.74) is 9.07. The minimum Gasteiger partial charge on any atom is -0.381 e. The molecule has 19 heavy (non-hydrogen) atoms. The van der Waals surface area contributed by atoms with Crippen molar-refractivity contribution in [2.24, 2.45) is 5.73 Å². The van der Waals surface area contributed by atoms with Crippen LogP contribution in [0.25, 0.3) is 11.3 Å². The van der Waals surface area contributed by atoms with E-state index in [1.54, 1.807) is 11.3 Å². The molecule has 1 aliphatic heterocycles. The zero-order valence-corrected chi connectivity index (χ0v) is 11.7. The van der Waals surface area contributed by atoms with E-state index < -0.39 is 0 Å². The molecule has 0 aliphatic carbocycles. The van der Waals surface area contributed by atoms with Crippen LogP contribution in [0, 0.1) is 0 Å². The summed E-state index contributed by atoms with van der Waals surface area (Å²) < 4.78 is 5.41. The highest BCUT2D eigenvalue weighted by Gasteiger charge is 2.19. The van der Waals surface area contributed by atoms with E-state index in [1.165, 1.54) is 5.01 Å². The summed E-state index contributed by atoms with van der Waals surface area (Å²) in [5.74, 6) is 0.574. The Morgan fingerprint density at radius 3 is 2.95 bits per heavy atom. The smallest absolute Gasteiger partial charge is 0.0965 e. The van der Waals surface area contributed by atoms with E-state index in [4.69, 9.17) is 15.5 Å². The van der Waals surface area contributed by atoms with Crippen molar-refractivity contribution in [3.63, 3.8) is 0 Å². The SMILES string of the molecule is NCc1cccc(-c2csc(C3CCOCC3)n2)c1. The van der Waals surface area contributed by atoms with Crippen LogP contribution in [-0.4, -0.2) is 18.2 Å². The van der Waals surface area contributed by atoms with Crippen LogP contribution in [0.15, 0.2) is 29.6 Å². The van der Waals surface area contributed by atoms with Gasteiger partial charge in [0.05, 0.1) is 10.7 Å². The Balaban J connectivity index is 1.83. The first-order valence-electron chi connectivity index (χ1n) is 6.69. The molecular weight excluding hydrogens is 256 g/mol. The fourth-order valence-electron chi connectivity index (χ4n) is 2.41. The topological polar surface area (TPSA) is 48.1 Å². The molecule has 0 atom stereocenters. The molecule has 0 radical (unpaired) electrons. The number of ether oxygens (including phenoxy) is 1. The van der Waals surface area contributed by atoms with Gasteiger partial charge >= 0.3 is 0 Å². The number of thiazole rings is 1. The van der Waals surface area contributed by atoms with Crippen molar-refractivity contribution < 1.29 is 4.74 Å². The van der Waals surface area contributed by atoms with E-state index in [-0.39, 0.29) is 0 Å². The molecular formula is C15H18N2OS. The Kier molecular flexibility index (Phi) is 3.92. The third kappa shape index (κ3) is 2.86. The third-order valence-electron chi connectivity index (χ3n) is 3.55. The quantitative estimate of drug-likeness (QED) is 0.935. The first-order chi connectivity index (χ1) is 9.36. The molecule has 1 saturated heterocycles. The second kappa shape index (κ2) is 5.82. The van der Waals surface area contributed by atoms with E-state index >= 15 is 0 Å². The van der Waals surface area contributed by atoms with Crippen molar-refractivity contribution in [1.82, 2.24) is 4.98 Å². The molecule has 3 nitrogen and oxygen atoms in total. The second-order valence-electron chi connectivity index (χ2n) is 4.86. The molecule has 1 aromatic carbocycles. The highest BCUT2D eigenvalue weighted by Crippen LogP contribution is 2.32. The lowest BCUT2D eigenvalue weighted by Crippen LogP contribution is -2.13. The molecule has 3 rings (SSSR count). The largest absolute Gasteiger partial charge is 0.381 e. The summed E-state index contributed by atoms with van der Waals surface area (Å²) in [4.78, 5) is 4.80. The summed E-state index contributed by atoms with van der Waals surface area (Å²) in [6, 6.07) is 8.32. The minimum atomic E-state index is 0.574. The fraction of sp³-hybridized carbons (Fsp3) is 0.400. The summed E-state index contributed by atoms with van der Waals surface area (Å²) in [5, 5.41) is 3.40. The van der Waals surface area contributed by atoms with E-state index in [9.17, 15) is 0 Å². The molecule has 2 N–H and O–H groups in total. The van der Waals surface area contributed by atoms with E-state index in [0.717, 1.165) is 42.9 Å². The number of hydrogen-bond donors (Lipinski definition) is 1. The molecule has 1 aliphatic rings. The Bertz CT molecular complexity index is 547. The Labute approximate surface area is 117 Å². The molecule has 1 fully saturated rings. The average molecular weight is 274 g/mol. The van der Waals surface area contributed by atoms with E-state index in [2.05, 4.69) is 23.6 Å². The minimum absolute atomic E-state index is 0.574. The first kappa shape index (κ1) is 12.8. The van der Waals surface area contributed by atoms with Crippen LogP contribution >= 0.6 is 11.3 Å². The van der Waals surface area contributed by atoms with Crippen LogP contribution in [0.2, 0.25) is 0 Å². The molecule has 0 unspecified atom stereocenters. The predicted molar refractivity (Wildman–Crippen MR) is 78.2 cm³/mol. The van der Waals surface area contributed by atoms with Gasteiger partial charge in [0.15, 0.2) is 0 Å². The van der Waals surface area contributed by atoms with Crippen LogP contribution in [0.5, 0.6) is 0 Å². The van der Waals surface area contributed by atoms with Crippen molar-refractivity contribution in [2.75, 3.05) is 13.2 Å². The lowest BCUT2D eigenvalue weighted by atomic mass is 10.0. The van der Waals surface area contributed by atoms with Gasteiger partial charge in [-0.05, 0) is 24.5 Å². The molecule has 0 amide bonds. The number of nitrogens with two attached hydrogens (primary N) is 1. The Morgan fingerprint density at radius 2 is 2.16 bits per heavy atom. The molecule has 0 bridgehead atoms. The van der Waals surface area contributed by atoms with E-state index in [1.807, 2.05) is 6.07 Å². The van der Waals surface area contributed by atoms with Crippen LogP contribution in [0.4, 0.5) is 0 Å². The van der Waals surface area contributed by atoms with Crippen molar-refractivity contribution >= 4 is 11.3 Å². The molecule has 4 heteroatoms. The van der Waals surface area contributed by atoms with Gasteiger partial charge in [-0.15, -0.1) is 11.3 Å². The molecule has 100 valence electrons. The number of aromatic nitrogens is 1. The second-order valence-corrected chi connectivity index (χ2v) is 5.75. The van der Waals surface area contributed by atoms with Gasteiger partial charge < -0.3 is 10.5 Å². The van der Waals surface area contributed by atoms with Gasteiger partial charge in [-0.2, -0.15) is 0 Å². The third-order valence-corrected chi connectivity index (χ3v) is 4.56. The van der Waals surface area contributed by atoms with Crippen molar-refractivity contribution in [1.29, 1.82) is 0 Å². The Hall–Kier alpha value is -1.23. The predicted octanol–water partition coefficient (Wildman–Crippen LogP) is 3.16.